The number of nitrogens with one attached hydrogen (secondary N) is 1. The molecule has 1 aliphatic rings. The molecule has 144 valence electrons. The standard InChI is InChI=1S/C18H25NO7/c1-18(2)25-13(10-24-9-12-7-5-4-6-8-12)16(26-18)15(21)14(19-11-20)17(22)23-3/h4-8,11,13-16,21H,9-10H2,1-3H3,(H,19,20)/t13-,14-,15-,16+/m0/s1. The molecule has 4 atom stereocenters. The maximum absolute atomic E-state index is 11.8. The lowest BCUT2D eigenvalue weighted by atomic mass is 10.0. The van der Waals surface area contributed by atoms with E-state index in [1.807, 2.05) is 30.3 Å². The van der Waals surface area contributed by atoms with E-state index in [0.29, 0.717) is 13.0 Å². The second-order valence-corrected chi connectivity index (χ2v) is 6.42. The molecule has 8 heteroatoms. The van der Waals surface area contributed by atoms with Crippen molar-refractivity contribution in [1.82, 2.24) is 5.32 Å². The average molecular weight is 367 g/mol. The molecule has 8 nitrogen and oxygen atoms in total. The number of carbonyl (C=O) groups excluding carboxylic acids is 2. The van der Waals surface area contributed by atoms with Gasteiger partial charge in [-0.2, -0.15) is 0 Å². The molecule has 0 aromatic heterocycles. The Bertz CT molecular complexity index is 592. The quantitative estimate of drug-likeness (QED) is 0.480. The van der Waals surface area contributed by atoms with Crippen LogP contribution < -0.4 is 5.32 Å². The van der Waals surface area contributed by atoms with Crippen LogP contribution in [0.15, 0.2) is 30.3 Å². The molecular weight excluding hydrogens is 342 g/mol. The Kier molecular flexibility index (Phi) is 7.10. The van der Waals surface area contributed by atoms with Gasteiger partial charge in [0.05, 0.1) is 20.3 Å². The van der Waals surface area contributed by atoms with Crippen LogP contribution in [0.2, 0.25) is 0 Å². The van der Waals surface area contributed by atoms with Crippen LogP contribution in [0, 0.1) is 0 Å². The number of benzene rings is 1. The van der Waals surface area contributed by atoms with Crippen LogP contribution in [-0.2, 0) is 35.1 Å². The number of esters is 1. The van der Waals surface area contributed by atoms with E-state index >= 15 is 0 Å². The normalized spacial score (nSPS) is 23.8. The lowest BCUT2D eigenvalue weighted by Crippen LogP contribution is -2.54. The number of aliphatic hydroxyl groups is 1. The molecule has 0 spiro atoms. The van der Waals surface area contributed by atoms with Crippen LogP contribution in [0.3, 0.4) is 0 Å². The largest absolute Gasteiger partial charge is 0.467 e. The molecular formula is C18H25NO7. The predicted octanol–water partition coefficient (Wildman–Crippen LogP) is 0.372. The molecule has 2 N–H and O–H groups in total. The first-order valence-electron chi connectivity index (χ1n) is 8.31. The highest BCUT2D eigenvalue weighted by molar-refractivity contribution is 5.79. The van der Waals surface area contributed by atoms with Gasteiger partial charge in [-0.15, -0.1) is 0 Å². The summed E-state index contributed by atoms with van der Waals surface area (Å²) in [5.41, 5.74) is 0.998. The Balaban J connectivity index is 2.03. The summed E-state index contributed by atoms with van der Waals surface area (Å²) in [4.78, 5) is 22.6. The van der Waals surface area contributed by atoms with Gasteiger partial charge in [-0.25, -0.2) is 4.79 Å². The van der Waals surface area contributed by atoms with Crippen molar-refractivity contribution >= 4 is 12.4 Å². The molecule has 1 saturated heterocycles. The van der Waals surface area contributed by atoms with Crippen molar-refractivity contribution in [3.8, 4) is 0 Å². The molecule has 0 bridgehead atoms. The Morgan fingerprint density at radius 3 is 2.65 bits per heavy atom. The number of carbonyl (C=O) groups is 2. The highest BCUT2D eigenvalue weighted by atomic mass is 16.8. The third kappa shape index (κ3) is 5.25. The van der Waals surface area contributed by atoms with Gasteiger partial charge in [-0.3, -0.25) is 4.79 Å². The van der Waals surface area contributed by atoms with Crippen LogP contribution in [0.5, 0.6) is 0 Å². The van der Waals surface area contributed by atoms with E-state index in [1.165, 1.54) is 7.11 Å². The van der Waals surface area contributed by atoms with Crippen molar-refractivity contribution in [2.45, 2.75) is 50.6 Å². The number of rotatable bonds is 9. The van der Waals surface area contributed by atoms with E-state index in [2.05, 4.69) is 10.1 Å². The minimum absolute atomic E-state index is 0.148. The first-order valence-corrected chi connectivity index (χ1v) is 8.31. The summed E-state index contributed by atoms with van der Waals surface area (Å²) >= 11 is 0. The topological polar surface area (TPSA) is 103 Å². The van der Waals surface area contributed by atoms with Gasteiger partial charge in [-0.1, -0.05) is 30.3 Å². The van der Waals surface area contributed by atoms with E-state index in [0.717, 1.165) is 5.56 Å². The minimum Gasteiger partial charge on any atom is -0.467 e. The summed E-state index contributed by atoms with van der Waals surface area (Å²) < 4.78 is 21.8. The molecule has 1 aromatic carbocycles. The first kappa shape index (κ1) is 20.3. The molecule has 0 aliphatic carbocycles. The Labute approximate surface area is 152 Å². The second kappa shape index (κ2) is 9.09. The fourth-order valence-corrected chi connectivity index (χ4v) is 2.84. The van der Waals surface area contributed by atoms with Crippen LogP contribution >= 0.6 is 0 Å². The summed E-state index contributed by atoms with van der Waals surface area (Å²) in [6.07, 6.45) is -2.53. The van der Waals surface area contributed by atoms with Crippen molar-refractivity contribution in [3.05, 3.63) is 35.9 Å². The number of ether oxygens (including phenoxy) is 4. The summed E-state index contributed by atoms with van der Waals surface area (Å²) in [6, 6.07) is 8.34. The maximum atomic E-state index is 11.8. The van der Waals surface area contributed by atoms with Gasteiger partial charge >= 0.3 is 5.97 Å². The zero-order valence-corrected chi connectivity index (χ0v) is 15.1. The summed E-state index contributed by atoms with van der Waals surface area (Å²) in [5, 5.41) is 12.8. The van der Waals surface area contributed by atoms with E-state index in [1.54, 1.807) is 13.8 Å². The van der Waals surface area contributed by atoms with E-state index < -0.39 is 36.1 Å². The summed E-state index contributed by atoms with van der Waals surface area (Å²) in [6.45, 7) is 3.92. The third-order valence-corrected chi connectivity index (χ3v) is 4.00. The highest BCUT2D eigenvalue weighted by Gasteiger charge is 2.48. The van der Waals surface area contributed by atoms with Gasteiger partial charge in [0.2, 0.25) is 6.41 Å². The Morgan fingerprint density at radius 1 is 1.35 bits per heavy atom. The van der Waals surface area contributed by atoms with Crippen LogP contribution in [0.1, 0.15) is 19.4 Å². The molecule has 1 heterocycles. The fourth-order valence-electron chi connectivity index (χ4n) is 2.84. The lowest BCUT2D eigenvalue weighted by molar-refractivity contribution is -0.165. The zero-order chi connectivity index (χ0) is 19.2. The smallest absolute Gasteiger partial charge is 0.331 e. The van der Waals surface area contributed by atoms with Crippen LogP contribution in [-0.4, -0.2) is 61.3 Å². The Hall–Kier alpha value is -2.00. The Morgan fingerprint density at radius 2 is 2.04 bits per heavy atom. The molecule has 1 aliphatic heterocycles. The maximum Gasteiger partial charge on any atom is 0.331 e. The highest BCUT2D eigenvalue weighted by Crippen LogP contribution is 2.31. The van der Waals surface area contributed by atoms with Gasteiger partial charge in [0.25, 0.3) is 0 Å². The van der Waals surface area contributed by atoms with Crippen molar-refractivity contribution in [2.75, 3.05) is 13.7 Å². The van der Waals surface area contributed by atoms with Crippen molar-refractivity contribution in [2.24, 2.45) is 0 Å². The SMILES string of the molecule is COC(=O)[C@@H](NC=O)[C@H](O)[C@@H]1OC(C)(C)O[C@H]1COCc1ccccc1. The number of hydrogen-bond acceptors (Lipinski definition) is 7. The van der Waals surface area contributed by atoms with Gasteiger partial charge in [0, 0.05) is 0 Å². The van der Waals surface area contributed by atoms with Crippen molar-refractivity contribution < 1.29 is 33.6 Å². The van der Waals surface area contributed by atoms with Crippen LogP contribution in [0.25, 0.3) is 0 Å². The number of amides is 1. The van der Waals surface area contributed by atoms with Gasteiger partial charge in [0.1, 0.15) is 18.3 Å². The molecule has 0 saturated carbocycles. The van der Waals surface area contributed by atoms with E-state index in [-0.39, 0.29) is 6.61 Å². The third-order valence-electron chi connectivity index (χ3n) is 4.00. The minimum atomic E-state index is -1.36. The molecule has 1 aromatic rings. The summed E-state index contributed by atoms with van der Waals surface area (Å²) in [5.74, 6) is -1.74. The monoisotopic (exact) mass is 367 g/mol. The number of hydrogen-bond donors (Lipinski definition) is 2. The number of methoxy groups -OCH3 is 1. The van der Waals surface area contributed by atoms with Gasteiger partial charge in [-0.05, 0) is 19.4 Å². The molecule has 1 fully saturated rings. The van der Waals surface area contributed by atoms with Gasteiger partial charge < -0.3 is 29.4 Å². The molecule has 0 unspecified atom stereocenters. The van der Waals surface area contributed by atoms with E-state index in [9.17, 15) is 14.7 Å². The predicted molar refractivity (Wildman–Crippen MR) is 90.9 cm³/mol. The molecule has 26 heavy (non-hydrogen) atoms. The molecule has 1 amide bonds. The van der Waals surface area contributed by atoms with Crippen molar-refractivity contribution in [1.29, 1.82) is 0 Å². The van der Waals surface area contributed by atoms with Gasteiger partial charge in [0.15, 0.2) is 11.8 Å². The average Bonchev–Trinajstić information content (AvgIpc) is 2.94. The molecule has 0 radical (unpaired) electrons. The lowest BCUT2D eigenvalue weighted by Gasteiger charge is -2.27. The molecule has 2 rings (SSSR count). The second-order valence-electron chi connectivity index (χ2n) is 6.42. The summed E-state index contributed by atoms with van der Waals surface area (Å²) in [7, 11) is 1.17. The number of aliphatic hydroxyl groups excluding tert-OH is 1. The fraction of sp³-hybridized carbons (Fsp3) is 0.556. The van der Waals surface area contributed by atoms with Crippen molar-refractivity contribution in [3.63, 3.8) is 0 Å². The zero-order valence-electron chi connectivity index (χ0n) is 15.1. The van der Waals surface area contributed by atoms with E-state index in [4.69, 9.17) is 14.2 Å². The first-order chi connectivity index (χ1) is 12.4. The van der Waals surface area contributed by atoms with Crippen LogP contribution in [0.4, 0.5) is 0 Å².